The summed E-state index contributed by atoms with van der Waals surface area (Å²) in [6.45, 7) is 1.28. The van der Waals surface area contributed by atoms with Crippen LogP contribution in [0.3, 0.4) is 0 Å². The Morgan fingerprint density at radius 1 is 1.11 bits per heavy atom. The van der Waals surface area contributed by atoms with E-state index >= 15 is 0 Å². The molecule has 2 aromatic carbocycles. The van der Waals surface area contributed by atoms with Crippen LogP contribution in [0, 0.1) is 5.92 Å². The number of fused-ring (bicyclic) bond motifs is 1. The van der Waals surface area contributed by atoms with Crippen molar-refractivity contribution in [2.24, 2.45) is 5.92 Å². The van der Waals surface area contributed by atoms with E-state index in [1.54, 1.807) is 23.1 Å². The number of hydrogen-bond donors (Lipinski definition) is 2. The number of carboxylic acids is 1. The number of nitrogens with one attached hydrogen (secondary N) is 1. The molecule has 142 valence electrons. The van der Waals surface area contributed by atoms with Crippen molar-refractivity contribution in [2.45, 2.75) is 12.8 Å². The van der Waals surface area contributed by atoms with Crippen molar-refractivity contribution in [1.29, 1.82) is 0 Å². The highest BCUT2D eigenvalue weighted by Crippen LogP contribution is 2.24. The molecule has 1 aliphatic rings. The quantitative estimate of drug-likeness (QED) is 0.732. The van der Waals surface area contributed by atoms with Gasteiger partial charge < -0.3 is 15.0 Å². The summed E-state index contributed by atoms with van der Waals surface area (Å²) in [4.78, 5) is 40.5. The number of carbonyl (C=O) groups excluding carboxylic acids is 1. The fraction of sp³-hybridized carbons (Fsp3) is 0.227. The lowest BCUT2D eigenvalue weighted by Gasteiger charge is -2.18. The zero-order chi connectivity index (χ0) is 19.7. The van der Waals surface area contributed by atoms with E-state index in [0.29, 0.717) is 30.1 Å². The van der Waals surface area contributed by atoms with Gasteiger partial charge in [-0.3, -0.25) is 9.59 Å². The molecule has 1 atom stereocenters. The number of para-hydroxylation sites is 1. The molecular weight excluding hydrogens is 356 g/mol. The summed E-state index contributed by atoms with van der Waals surface area (Å²) in [6.07, 6.45) is 1.67. The SMILES string of the molecule is O=C(O)c1ccc(C[C@@H]2CCN(C(=O)c3cc(=O)[nH]c4ccccc34)C2)cc1. The van der Waals surface area contributed by atoms with E-state index in [4.69, 9.17) is 5.11 Å². The number of aromatic amines is 1. The summed E-state index contributed by atoms with van der Waals surface area (Å²) in [5.41, 5.74) is 2.15. The number of nitrogens with zero attached hydrogens (tertiary/aromatic N) is 1. The van der Waals surface area contributed by atoms with Gasteiger partial charge in [-0.1, -0.05) is 30.3 Å². The van der Waals surface area contributed by atoms with Crippen molar-refractivity contribution in [3.63, 3.8) is 0 Å². The van der Waals surface area contributed by atoms with Gasteiger partial charge in [0.05, 0.1) is 11.1 Å². The maximum atomic E-state index is 13.0. The van der Waals surface area contributed by atoms with Crippen LogP contribution in [-0.4, -0.2) is 40.0 Å². The Labute approximate surface area is 161 Å². The minimum absolute atomic E-state index is 0.119. The molecule has 3 aromatic rings. The monoisotopic (exact) mass is 376 g/mol. The third-order valence-electron chi connectivity index (χ3n) is 5.28. The Morgan fingerprint density at radius 2 is 1.86 bits per heavy atom. The summed E-state index contributed by atoms with van der Waals surface area (Å²) in [7, 11) is 0. The number of rotatable bonds is 4. The van der Waals surface area contributed by atoms with Crippen LogP contribution in [0.4, 0.5) is 0 Å². The molecule has 28 heavy (non-hydrogen) atoms. The normalized spacial score (nSPS) is 16.4. The number of hydrogen-bond acceptors (Lipinski definition) is 3. The van der Waals surface area contributed by atoms with Gasteiger partial charge in [0.1, 0.15) is 0 Å². The Bertz CT molecular complexity index is 1100. The number of likely N-dealkylation sites (tertiary alicyclic amines) is 1. The van der Waals surface area contributed by atoms with E-state index in [0.717, 1.165) is 23.8 Å². The molecule has 4 rings (SSSR count). The summed E-state index contributed by atoms with van der Waals surface area (Å²) in [5.74, 6) is -0.742. The Morgan fingerprint density at radius 3 is 2.61 bits per heavy atom. The van der Waals surface area contributed by atoms with Gasteiger partial charge in [0.15, 0.2) is 0 Å². The average molecular weight is 376 g/mol. The van der Waals surface area contributed by atoms with Crippen molar-refractivity contribution in [3.8, 4) is 0 Å². The van der Waals surface area contributed by atoms with Crippen molar-refractivity contribution in [1.82, 2.24) is 9.88 Å². The van der Waals surface area contributed by atoms with Gasteiger partial charge in [-0.25, -0.2) is 4.79 Å². The van der Waals surface area contributed by atoms with E-state index in [1.165, 1.54) is 6.07 Å². The van der Waals surface area contributed by atoms with Crippen LogP contribution < -0.4 is 5.56 Å². The van der Waals surface area contributed by atoms with Crippen molar-refractivity contribution >= 4 is 22.8 Å². The second-order valence-electron chi connectivity index (χ2n) is 7.20. The topological polar surface area (TPSA) is 90.5 Å². The number of aromatic nitrogens is 1. The number of amides is 1. The van der Waals surface area contributed by atoms with Gasteiger partial charge in [0.2, 0.25) is 5.56 Å². The number of H-pyrrole nitrogens is 1. The highest BCUT2D eigenvalue weighted by molar-refractivity contribution is 6.06. The number of aromatic carboxylic acids is 1. The third kappa shape index (κ3) is 3.53. The number of carboxylic acid groups (broad SMARTS) is 1. The summed E-state index contributed by atoms with van der Waals surface area (Å²) in [6, 6.07) is 15.6. The Kier molecular flexibility index (Phi) is 4.69. The smallest absolute Gasteiger partial charge is 0.335 e. The molecule has 6 heteroatoms. The molecule has 0 spiro atoms. The maximum Gasteiger partial charge on any atom is 0.335 e. The summed E-state index contributed by atoms with van der Waals surface area (Å²) in [5, 5.41) is 9.74. The van der Waals surface area contributed by atoms with Crippen LogP contribution in [0.1, 0.15) is 32.7 Å². The van der Waals surface area contributed by atoms with Crippen molar-refractivity contribution < 1.29 is 14.7 Å². The molecule has 1 aromatic heterocycles. The first-order valence-electron chi connectivity index (χ1n) is 9.25. The minimum atomic E-state index is -0.936. The van der Waals surface area contributed by atoms with Crippen LogP contribution >= 0.6 is 0 Å². The molecule has 1 fully saturated rings. The Balaban J connectivity index is 1.49. The first-order valence-corrected chi connectivity index (χ1v) is 9.25. The molecule has 1 saturated heterocycles. The first-order chi connectivity index (χ1) is 13.5. The molecule has 1 amide bonds. The van der Waals surface area contributed by atoms with Crippen LogP contribution in [0.2, 0.25) is 0 Å². The van der Waals surface area contributed by atoms with E-state index < -0.39 is 5.97 Å². The number of pyridine rings is 1. The zero-order valence-electron chi connectivity index (χ0n) is 15.2. The lowest BCUT2D eigenvalue weighted by molar-refractivity contribution is 0.0696. The predicted octanol–water partition coefficient (Wildman–Crippen LogP) is 2.93. The van der Waals surface area contributed by atoms with Gasteiger partial charge in [-0.15, -0.1) is 0 Å². The highest BCUT2D eigenvalue weighted by atomic mass is 16.4. The maximum absolute atomic E-state index is 13.0. The molecular formula is C22H20N2O4. The van der Waals surface area contributed by atoms with Crippen LogP contribution in [0.15, 0.2) is 59.4 Å². The molecule has 2 heterocycles. The summed E-state index contributed by atoms with van der Waals surface area (Å²) < 4.78 is 0. The zero-order valence-corrected chi connectivity index (χ0v) is 15.2. The minimum Gasteiger partial charge on any atom is -0.478 e. The second-order valence-corrected chi connectivity index (χ2v) is 7.20. The highest BCUT2D eigenvalue weighted by Gasteiger charge is 2.28. The van der Waals surface area contributed by atoms with Gasteiger partial charge in [0, 0.05) is 30.1 Å². The summed E-state index contributed by atoms with van der Waals surface area (Å²) >= 11 is 0. The third-order valence-corrected chi connectivity index (χ3v) is 5.28. The lowest BCUT2D eigenvalue weighted by Crippen LogP contribution is -2.30. The van der Waals surface area contributed by atoms with Gasteiger partial charge >= 0.3 is 5.97 Å². The number of carbonyl (C=O) groups is 2. The molecule has 0 bridgehead atoms. The number of benzene rings is 2. The molecule has 6 nitrogen and oxygen atoms in total. The molecule has 1 aliphatic heterocycles. The predicted molar refractivity (Wildman–Crippen MR) is 106 cm³/mol. The van der Waals surface area contributed by atoms with Gasteiger partial charge in [0.25, 0.3) is 5.91 Å². The largest absolute Gasteiger partial charge is 0.478 e. The molecule has 2 N–H and O–H groups in total. The molecule has 0 saturated carbocycles. The van der Waals surface area contributed by atoms with E-state index in [9.17, 15) is 14.4 Å². The van der Waals surface area contributed by atoms with Crippen LogP contribution in [0.25, 0.3) is 10.9 Å². The standard InChI is InChI=1S/C22H20N2O4/c25-20-12-18(17-3-1-2-4-19(17)23-20)21(26)24-10-9-15(13-24)11-14-5-7-16(8-6-14)22(27)28/h1-8,12,15H,9-11,13H2,(H,23,25)(H,27,28)/t15-/m0/s1. The lowest BCUT2D eigenvalue weighted by atomic mass is 9.98. The first kappa shape index (κ1) is 18.0. The average Bonchev–Trinajstić information content (AvgIpc) is 3.15. The van der Waals surface area contributed by atoms with Gasteiger partial charge in [-0.2, -0.15) is 0 Å². The Hall–Kier alpha value is -3.41. The fourth-order valence-electron chi connectivity index (χ4n) is 3.85. The van der Waals surface area contributed by atoms with Crippen LogP contribution in [-0.2, 0) is 6.42 Å². The molecule has 0 radical (unpaired) electrons. The van der Waals surface area contributed by atoms with E-state index in [1.807, 2.05) is 30.3 Å². The van der Waals surface area contributed by atoms with E-state index in [-0.39, 0.29) is 17.0 Å². The fourth-order valence-corrected chi connectivity index (χ4v) is 3.85. The van der Waals surface area contributed by atoms with Crippen LogP contribution in [0.5, 0.6) is 0 Å². The molecule has 0 unspecified atom stereocenters. The second kappa shape index (κ2) is 7.31. The van der Waals surface area contributed by atoms with Crippen molar-refractivity contribution in [2.75, 3.05) is 13.1 Å². The van der Waals surface area contributed by atoms with Gasteiger partial charge in [-0.05, 0) is 42.5 Å². The molecule has 0 aliphatic carbocycles. The van der Waals surface area contributed by atoms with E-state index in [2.05, 4.69) is 4.98 Å². The van der Waals surface area contributed by atoms with Crippen molar-refractivity contribution in [3.05, 3.63) is 81.6 Å².